The second kappa shape index (κ2) is 9.80. The Hall–Kier alpha value is -2.76. The fourth-order valence-corrected chi connectivity index (χ4v) is 4.87. The molecule has 0 saturated carbocycles. The summed E-state index contributed by atoms with van der Waals surface area (Å²) in [5, 5.41) is 13.1. The Balaban J connectivity index is 1.56. The second-order valence-electron chi connectivity index (χ2n) is 7.80. The Labute approximate surface area is 198 Å². The van der Waals surface area contributed by atoms with E-state index in [1.165, 1.54) is 16.3 Å². The summed E-state index contributed by atoms with van der Waals surface area (Å²) in [6.07, 6.45) is 1.59. The molecule has 0 bridgehead atoms. The van der Waals surface area contributed by atoms with E-state index in [4.69, 9.17) is 16.3 Å². The number of allylic oxidation sites excluding steroid dienone is 1. The minimum absolute atomic E-state index is 0.269. The maximum atomic E-state index is 6.30. The van der Waals surface area contributed by atoms with Crippen molar-refractivity contribution in [2.45, 2.75) is 44.3 Å². The smallest absolute Gasteiger partial charge is 0.191 e. The fraction of sp³-hybridized carbons (Fsp3) is 0.231. The Morgan fingerprint density at radius 2 is 1.81 bits per heavy atom. The number of aromatic nitrogens is 3. The zero-order valence-corrected chi connectivity index (χ0v) is 20.1. The first kappa shape index (κ1) is 22.4. The molecule has 0 aliphatic heterocycles. The first-order valence-electron chi connectivity index (χ1n) is 10.5. The third-order valence-electron chi connectivity index (χ3n) is 5.38. The summed E-state index contributed by atoms with van der Waals surface area (Å²) in [5.41, 5.74) is 3.26. The summed E-state index contributed by atoms with van der Waals surface area (Å²) in [5.74, 6) is 2.35. The maximum absolute atomic E-state index is 6.30. The van der Waals surface area contributed by atoms with Crippen molar-refractivity contribution in [3.63, 3.8) is 0 Å². The molecule has 4 aromatic rings. The molecule has 0 fully saturated rings. The molecular weight excluding hydrogens is 438 g/mol. The van der Waals surface area contributed by atoms with Crippen LogP contribution in [0.4, 0.5) is 0 Å². The van der Waals surface area contributed by atoms with Crippen molar-refractivity contribution in [1.82, 2.24) is 14.8 Å². The first-order chi connectivity index (χ1) is 15.5. The Morgan fingerprint density at radius 3 is 2.56 bits per heavy atom. The number of nitrogens with zero attached hydrogens (tertiary/aromatic N) is 3. The molecule has 0 aliphatic rings. The molecule has 0 spiro atoms. The number of hydrogen-bond acceptors (Lipinski definition) is 4. The van der Waals surface area contributed by atoms with Gasteiger partial charge in [-0.15, -0.1) is 16.8 Å². The lowest BCUT2D eigenvalue weighted by Gasteiger charge is -2.17. The highest BCUT2D eigenvalue weighted by molar-refractivity contribution is 7.98. The van der Waals surface area contributed by atoms with Crippen molar-refractivity contribution in [2.75, 3.05) is 0 Å². The van der Waals surface area contributed by atoms with E-state index >= 15 is 0 Å². The summed E-state index contributed by atoms with van der Waals surface area (Å²) in [6, 6.07) is 18.8. The lowest BCUT2D eigenvalue weighted by molar-refractivity contribution is 0.210. The third kappa shape index (κ3) is 4.69. The van der Waals surface area contributed by atoms with E-state index in [9.17, 15) is 0 Å². The molecule has 1 heterocycles. The summed E-state index contributed by atoms with van der Waals surface area (Å²) in [6.45, 7) is 10.5. The van der Waals surface area contributed by atoms with Gasteiger partial charge in [0.1, 0.15) is 5.75 Å². The van der Waals surface area contributed by atoms with Crippen LogP contribution < -0.4 is 4.74 Å². The number of hydrogen-bond donors (Lipinski definition) is 0. The van der Waals surface area contributed by atoms with Gasteiger partial charge in [-0.2, -0.15) is 0 Å². The van der Waals surface area contributed by atoms with Crippen molar-refractivity contribution in [3.8, 4) is 5.75 Å². The highest BCUT2D eigenvalue weighted by Gasteiger charge is 2.20. The first-order valence-corrected chi connectivity index (χ1v) is 11.9. The van der Waals surface area contributed by atoms with Crippen molar-refractivity contribution >= 4 is 34.1 Å². The standard InChI is InChI=1S/C26H26ClN3OS/c1-5-13-30-25(19(4)31-22-14-17(2)24(27)18(3)15-22)28-29-26(30)32-16-21-11-8-10-20-9-6-7-12-23(20)21/h5-12,14-15,19H,1,13,16H2,2-4H3. The molecule has 0 saturated heterocycles. The highest BCUT2D eigenvalue weighted by atomic mass is 35.5. The Morgan fingerprint density at radius 1 is 1.09 bits per heavy atom. The Kier molecular flexibility index (Phi) is 6.87. The van der Waals surface area contributed by atoms with E-state index in [1.807, 2.05) is 39.0 Å². The van der Waals surface area contributed by atoms with Crippen LogP contribution in [0, 0.1) is 13.8 Å². The lowest BCUT2D eigenvalue weighted by Crippen LogP contribution is -2.12. The average molecular weight is 464 g/mol. The predicted octanol–water partition coefficient (Wildman–Crippen LogP) is 7.32. The number of aryl methyl sites for hydroxylation is 2. The van der Waals surface area contributed by atoms with Crippen LogP contribution in [0.3, 0.4) is 0 Å². The predicted molar refractivity (Wildman–Crippen MR) is 134 cm³/mol. The van der Waals surface area contributed by atoms with Gasteiger partial charge in [-0.25, -0.2) is 0 Å². The zero-order valence-electron chi connectivity index (χ0n) is 18.5. The molecule has 0 radical (unpaired) electrons. The van der Waals surface area contributed by atoms with Crippen molar-refractivity contribution < 1.29 is 4.74 Å². The summed E-state index contributed by atoms with van der Waals surface area (Å²) < 4.78 is 8.28. The number of ether oxygens (including phenoxy) is 1. The topological polar surface area (TPSA) is 39.9 Å². The van der Waals surface area contributed by atoms with Crippen LogP contribution >= 0.6 is 23.4 Å². The molecule has 164 valence electrons. The van der Waals surface area contributed by atoms with Crippen molar-refractivity contribution in [1.29, 1.82) is 0 Å². The van der Waals surface area contributed by atoms with Gasteiger partial charge in [-0.1, -0.05) is 71.9 Å². The van der Waals surface area contributed by atoms with Gasteiger partial charge >= 0.3 is 0 Å². The molecule has 32 heavy (non-hydrogen) atoms. The minimum atomic E-state index is -0.269. The molecule has 0 amide bonds. The molecule has 1 atom stereocenters. The van der Waals surface area contributed by atoms with E-state index < -0.39 is 0 Å². The van der Waals surface area contributed by atoms with Gasteiger partial charge in [0.25, 0.3) is 0 Å². The molecule has 1 aromatic heterocycles. The van der Waals surface area contributed by atoms with Gasteiger partial charge in [-0.05, 0) is 60.4 Å². The number of benzene rings is 3. The van der Waals surface area contributed by atoms with Gasteiger partial charge in [0.05, 0.1) is 0 Å². The van der Waals surface area contributed by atoms with E-state index in [2.05, 4.69) is 63.8 Å². The number of fused-ring (bicyclic) bond motifs is 1. The monoisotopic (exact) mass is 463 g/mol. The van der Waals surface area contributed by atoms with Gasteiger partial charge in [0.2, 0.25) is 0 Å². The molecule has 1 unspecified atom stereocenters. The number of thioether (sulfide) groups is 1. The molecule has 3 aromatic carbocycles. The van der Waals surface area contributed by atoms with E-state index in [0.717, 1.165) is 38.6 Å². The van der Waals surface area contributed by atoms with Gasteiger partial charge < -0.3 is 4.74 Å². The van der Waals surface area contributed by atoms with Crippen LogP contribution in [-0.2, 0) is 12.3 Å². The fourth-order valence-electron chi connectivity index (χ4n) is 3.80. The molecule has 6 heteroatoms. The average Bonchev–Trinajstić information content (AvgIpc) is 3.19. The van der Waals surface area contributed by atoms with E-state index in [-0.39, 0.29) is 6.10 Å². The number of rotatable bonds is 8. The van der Waals surface area contributed by atoms with Crippen LogP contribution in [-0.4, -0.2) is 14.8 Å². The molecule has 0 aliphatic carbocycles. The van der Waals surface area contributed by atoms with Gasteiger partial charge in [0.15, 0.2) is 17.1 Å². The van der Waals surface area contributed by atoms with Crippen LogP contribution in [0.25, 0.3) is 10.8 Å². The maximum Gasteiger partial charge on any atom is 0.191 e. The highest BCUT2D eigenvalue weighted by Crippen LogP contribution is 2.31. The summed E-state index contributed by atoms with van der Waals surface area (Å²) >= 11 is 7.97. The van der Waals surface area contributed by atoms with E-state index in [0.29, 0.717) is 6.54 Å². The molecule has 4 nitrogen and oxygen atoms in total. The lowest BCUT2D eigenvalue weighted by atomic mass is 10.1. The van der Waals surface area contributed by atoms with Gasteiger partial charge in [0, 0.05) is 17.3 Å². The van der Waals surface area contributed by atoms with Crippen LogP contribution in [0.15, 0.2) is 72.4 Å². The Bertz CT molecular complexity index is 1240. The molecule has 0 N–H and O–H groups in total. The summed E-state index contributed by atoms with van der Waals surface area (Å²) in [4.78, 5) is 0. The van der Waals surface area contributed by atoms with Gasteiger partial charge in [-0.3, -0.25) is 4.57 Å². The minimum Gasteiger partial charge on any atom is -0.483 e. The normalized spacial score (nSPS) is 12.1. The van der Waals surface area contributed by atoms with Crippen LogP contribution in [0.2, 0.25) is 5.02 Å². The summed E-state index contributed by atoms with van der Waals surface area (Å²) in [7, 11) is 0. The molecular formula is C26H26ClN3OS. The van der Waals surface area contributed by atoms with E-state index in [1.54, 1.807) is 11.8 Å². The SMILES string of the molecule is C=CCn1c(SCc2cccc3ccccc23)nnc1C(C)Oc1cc(C)c(Cl)c(C)c1. The van der Waals surface area contributed by atoms with Crippen molar-refractivity contribution in [2.24, 2.45) is 0 Å². The second-order valence-corrected chi connectivity index (χ2v) is 9.12. The van der Waals surface area contributed by atoms with Crippen LogP contribution in [0.5, 0.6) is 5.75 Å². The van der Waals surface area contributed by atoms with Crippen LogP contribution in [0.1, 0.15) is 35.5 Å². The van der Waals surface area contributed by atoms with Crippen molar-refractivity contribution in [3.05, 3.63) is 94.8 Å². The quantitative estimate of drug-likeness (QED) is 0.203. The zero-order chi connectivity index (χ0) is 22.7. The molecule has 4 rings (SSSR count). The number of halogens is 1. The largest absolute Gasteiger partial charge is 0.483 e. The third-order valence-corrected chi connectivity index (χ3v) is 6.99.